The molecular weight excluding hydrogens is 184 g/mol. The Bertz CT molecular complexity index is 194. The molecule has 0 aromatic carbocycles. The molecule has 0 aromatic rings. The third-order valence-electron chi connectivity index (χ3n) is 4.12. The molecule has 0 saturated heterocycles. The Balaban J connectivity index is 2.54. The summed E-state index contributed by atoms with van der Waals surface area (Å²) in [5.41, 5.74) is 0.0207. The first-order valence-corrected chi connectivity index (χ1v) is 6.60. The van der Waals surface area contributed by atoms with Gasteiger partial charge in [0.25, 0.3) is 0 Å². The summed E-state index contributed by atoms with van der Waals surface area (Å²) in [6.45, 7) is 8.93. The highest BCUT2D eigenvalue weighted by Crippen LogP contribution is 2.44. The van der Waals surface area contributed by atoms with E-state index in [9.17, 15) is 5.11 Å². The van der Waals surface area contributed by atoms with Crippen molar-refractivity contribution in [2.75, 3.05) is 0 Å². The highest BCUT2D eigenvalue weighted by Gasteiger charge is 2.37. The van der Waals surface area contributed by atoms with E-state index in [4.69, 9.17) is 0 Å². The van der Waals surface area contributed by atoms with E-state index >= 15 is 0 Å². The van der Waals surface area contributed by atoms with Gasteiger partial charge in [0.2, 0.25) is 0 Å². The van der Waals surface area contributed by atoms with Gasteiger partial charge in [-0.25, -0.2) is 0 Å². The fourth-order valence-electron chi connectivity index (χ4n) is 2.97. The lowest BCUT2D eigenvalue weighted by atomic mass is 9.66. The van der Waals surface area contributed by atoms with E-state index in [-0.39, 0.29) is 0 Å². The summed E-state index contributed by atoms with van der Waals surface area (Å²) >= 11 is 0. The Morgan fingerprint density at radius 2 is 2.07 bits per heavy atom. The lowest BCUT2D eigenvalue weighted by molar-refractivity contribution is -0.0451. The minimum Gasteiger partial charge on any atom is -0.390 e. The van der Waals surface area contributed by atoms with Crippen LogP contribution in [0.4, 0.5) is 0 Å². The van der Waals surface area contributed by atoms with Gasteiger partial charge < -0.3 is 5.11 Å². The van der Waals surface area contributed by atoms with E-state index in [2.05, 4.69) is 27.7 Å². The quantitative estimate of drug-likeness (QED) is 0.742. The fourth-order valence-corrected chi connectivity index (χ4v) is 2.97. The van der Waals surface area contributed by atoms with E-state index in [0.717, 1.165) is 12.8 Å². The molecule has 1 nitrogen and oxygen atoms in total. The van der Waals surface area contributed by atoms with E-state index < -0.39 is 5.60 Å². The number of hydrogen-bond acceptors (Lipinski definition) is 1. The minimum atomic E-state index is -0.423. The van der Waals surface area contributed by atoms with E-state index in [1.807, 2.05) is 0 Å². The van der Waals surface area contributed by atoms with E-state index in [0.29, 0.717) is 11.3 Å². The summed E-state index contributed by atoms with van der Waals surface area (Å²) in [4.78, 5) is 0. The predicted molar refractivity (Wildman–Crippen MR) is 65.9 cm³/mol. The molecule has 0 aromatic heterocycles. The third kappa shape index (κ3) is 3.79. The van der Waals surface area contributed by atoms with Gasteiger partial charge in [-0.15, -0.1) is 0 Å². The van der Waals surface area contributed by atoms with Crippen molar-refractivity contribution in [2.45, 2.75) is 78.2 Å². The first-order valence-electron chi connectivity index (χ1n) is 6.60. The standard InChI is InChI=1S/C14H28O/c1-5-6-10-14(4,15)12-8-7-9-13(2,3)11-12/h12,15H,5-11H2,1-4H3. The molecule has 2 atom stereocenters. The molecule has 1 fully saturated rings. The summed E-state index contributed by atoms with van der Waals surface area (Å²) < 4.78 is 0. The summed E-state index contributed by atoms with van der Waals surface area (Å²) in [6.07, 6.45) is 8.36. The minimum absolute atomic E-state index is 0.423. The normalized spacial score (nSPS) is 29.8. The molecule has 1 rings (SSSR count). The Morgan fingerprint density at radius 1 is 1.40 bits per heavy atom. The lowest BCUT2D eigenvalue weighted by Gasteiger charge is -2.42. The summed E-state index contributed by atoms with van der Waals surface area (Å²) in [6, 6.07) is 0. The molecule has 0 spiro atoms. The summed E-state index contributed by atoms with van der Waals surface area (Å²) in [5.74, 6) is 0.521. The van der Waals surface area contributed by atoms with Gasteiger partial charge in [-0.05, 0) is 43.9 Å². The molecular formula is C14H28O. The van der Waals surface area contributed by atoms with Gasteiger partial charge in [-0.1, -0.05) is 40.0 Å². The van der Waals surface area contributed by atoms with Gasteiger partial charge in [0.05, 0.1) is 5.60 Å². The van der Waals surface area contributed by atoms with Crippen LogP contribution in [0.1, 0.15) is 72.6 Å². The molecule has 0 bridgehead atoms. The Hall–Kier alpha value is -0.0400. The topological polar surface area (TPSA) is 20.2 Å². The van der Waals surface area contributed by atoms with Crippen LogP contribution in [-0.2, 0) is 0 Å². The first-order chi connectivity index (χ1) is 6.87. The van der Waals surface area contributed by atoms with Crippen LogP contribution in [0.5, 0.6) is 0 Å². The van der Waals surface area contributed by atoms with Crippen LogP contribution in [0.2, 0.25) is 0 Å². The molecule has 1 aliphatic rings. The van der Waals surface area contributed by atoms with Gasteiger partial charge in [0, 0.05) is 0 Å². The first kappa shape index (κ1) is 13.0. The van der Waals surface area contributed by atoms with Gasteiger partial charge in [-0.3, -0.25) is 0 Å². The van der Waals surface area contributed by atoms with E-state index in [1.54, 1.807) is 0 Å². The highest BCUT2D eigenvalue weighted by atomic mass is 16.3. The maximum Gasteiger partial charge on any atom is 0.0648 e. The third-order valence-corrected chi connectivity index (χ3v) is 4.12. The largest absolute Gasteiger partial charge is 0.390 e. The van der Waals surface area contributed by atoms with Crippen molar-refractivity contribution in [3.63, 3.8) is 0 Å². The van der Waals surface area contributed by atoms with Crippen molar-refractivity contribution in [1.82, 2.24) is 0 Å². The Morgan fingerprint density at radius 3 is 2.60 bits per heavy atom. The average molecular weight is 212 g/mol. The maximum absolute atomic E-state index is 10.5. The monoisotopic (exact) mass is 212 g/mol. The smallest absolute Gasteiger partial charge is 0.0648 e. The molecule has 0 radical (unpaired) electrons. The second-order valence-corrected chi connectivity index (χ2v) is 6.42. The van der Waals surface area contributed by atoms with Crippen molar-refractivity contribution in [3.8, 4) is 0 Å². The summed E-state index contributed by atoms with van der Waals surface area (Å²) in [5, 5.41) is 10.5. The maximum atomic E-state index is 10.5. The SMILES string of the molecule is CCCCC(C)(O)C1CCCC(C)(C)C1. The average Bonchev–Trinajstić information content (AvgIpc) is 2.13. The molecule has 0 aliphatic heterocycles. The van der Waals surface area contributed by atoms with Crippen LogP contribution in [0.3, 0.4) is 0 Å². The molecule has 90 valence electrons. The van der Waals surface area contributed by atoms with Crippen molar-refractivity contribution in [3.05, 3.63) is 0 Å². The second kappa shape index (κ2) is 4.86. The molecule has 1 heteroatoms. The van der Waals surface area contributed by atoms with Gasteiger partial charge in [0.1, 0.15) is 0 Å². The molecule has 1 saturated carbocycles. The molecule has 15 heavy (non-hydrogen) atoms. The number of rotatable bonds is 4. The van der Waals surface area contributed by atoms with Gasteiger partial charge in [0.15, 0.2) is 0 Å². The van der Waals surface area contributed by atoms with Crippen molar-refractivity contribution in [1.29, 1.82) is 0 Å². The zero-order valence-electron chi connectivity index (χ0n) is 11.0. The van der Waals surface area contributed by atoms with Crippen molar-refractivity contribution < 1.29 is 5.11 Å². The molecule has 0 heterocycles. The zero-order valence-corrected chi connectivity index (χ0v) is 11.0. The van der Waals surface area contributed by atoms with Crippen LogP contribution in [0.25, 0.3) is 0 Å². The number of unbranched alkanes of at least 4 members (excludes halogenated alkanes) is 1. The Kier molecular flexibility index (Phi) is 4.22. The lowest BCUT2D eigenvalue weighted by Crippen LogP contribution is -2.39. The van der Waals surface area contributed by atoms with Crippen LogP contribution in [-0.4, -0.2) is 10.7 Å². The number of hydrogen-bond donors (Lipinski definition) is 1. The molecule has 0 amide bonds. The highest BCUT2D eigenvalue weighted by molar-refractivity contribution is 4.89. The zero-order chi connectivity index (χ0) is 11.5. The number of aliphatic hydroxyl groups is 1. The van der Waals surface area contributed by atoms with Crippen molar-refractivity contribution in [2.24, 2.45) is 11.3 Å². The van der Waals surface area contributed by atoms with Crippen LogP contribution in [0.15, 0.2) is 0 Å². The fraction of sp³-hybridized carbons (Fsp3) is 1.00. The second-order valence-electron chi connectivity index (χ2n) is 6.42. The van der Waals surface area contributed by atoms with Crippen LogP contribution in [0, 0.1) is 11.3 Å². The van der Waals surface area contributed by atoms with Crippen LogP contribution < -0.4 is 0 Å². The van der Waals surface area contributed by atoms with Gasteiger partial charge >= 0.3 is 0 Å². The van der Waals surface area contributed by atoms with Crippen molar-refractivity contribution >= 4 is 0 Å². The molecule has 1 N–H and O–H groups in total. The predicted octanol–water partition coefficient (Wildman–Crippen LogP) is 4.14. The van der Waals surface area contributed by atoms with Crippen LogP contribution >= 0.6 is 0 Å². The summed E-state index contributed by atoms with van der Waals surface area (Å²) in [7, 11) is 0. The molecule has 2 unspecified atom stereocenters. The van der Waals surface area contributed by atoms with E-state index in [1.165, 1.54) is 32.1 Å². The Labute approximate surface area is 95.3 Å². The molecule has 1 aliphatic carbocycles. The van der Waals surface area contributed by atoms with Gasteiger partial charge in [-0.2, -0.15) is 0 Å².